The number of nitrogens with one attached hydrogen (secondary N) is 1. The molecule has 3 aliphatic rings. The van der Waals surface area contributed by atoms with E-state index in [0.717, 1.165) is 43.5 Å². The van der Waals surface area contributed by atoms with Crippen molar-refractivity contribution in [2.45, 2.75) is 50.7 Å². The molecule has 2 N–H and O–H groups in total. The monoisotopic (exact) mass is 522 g/mol. The molecular formula is C30H38N2O6. The maximum Gasteiger partial charge on any atom is 0.220 e. The molecule has 2 aliphatic heterocycles. The second-order valence-electron chi connectivity index (χ2n) is 10.7. The van der Waals surface area contributed by atoms with Crippen LogP contribution in [0.5, 0.6) is 17.2 Å². The molecule has 4 atom stereocenters. The standard InChI is InChI=1S/C30H38N2O6/c1-36-24-10-7-20(8-11-24)26(33)5-3-2-4-6-29(34)31-25(19-32-17-22-15-23(22)18-32)30(35)21-9-12-27-28(16-21)38-14-13-37-27/h7-12,16,22-23,25,30,35H,2-6,13-15,17-19H2,1H3,(H,31,34)/t22?,23?,25-,30+/m1/s1. The molecule has 2 aromatic carbocycles. The van der Waals surface area contributed by atoms with Gasteiger partial charge in [-0.3, -0.25) is 9.59 Å². The summed E-state index contributed by atoms with van der Waals surface area (Å²) in [7, 11) is 1.60. The Bertz CT molecular complexity index is 1110. The third-order valence-corrected chi connectivity index (χ3v) is 7.86. The van der Waals surface area contributed by atoms with Crippen molar-refractivity contribution in [1.82, 2.24) is 10.2 Å². The summed E-state index contributed by atoms with van der Waals surface area (Å²) in [6, 6.07) is 12.2. The lowest BCUT2D eigenvalue weighted by Gasteiger charge is -2.30. The van der Waals surface area contributed by atoms with Crippen molar-refractivity contribution in [2.75, 3.05) is 40.0 Å². The molecule has 8 heteroatoms. The van der Waals surface area contributed by atoms with Crippen molar-refractivity contribution < 1.29 is 28.9 Å². The quantitative estimate of drug-likeness (QED) is 0.305. The van der Waals surface area contributed by atoms with E-state index in [9.17, 15) is 14.7 Å². The van der Waals surface area contributed by atoms with Crippen LogP contribution >= 0.6 is 0 Å². The Morgan fingerprint density at radius 3 is 2.45 bits per heavy atom. The molecule has 1 amide bonds. The summed E-state index contributed by atoms with van der Waals surface area (Å²) >= 11 is 0. The van der Waals surface area contributed by atoms with Gasteiger partial charge in [0.1, 0.15) is 25.1 Å². The minimum atomic E-state index is -0.853. The lowest BCUT2D eigenvalue weighted by Crippen LogP contribution is -2.47. The third kappa shape index (κ3) is 6.66. The van der Waals surface area contributed by atoms with Crippen LogP contribution in [0.1, 0.15) is 60.6 Å². The van der Waals surface area contributed by atoms with Crippen LogP contribution in [0.4, 0.5) is 0 Å². The summed E-state index contributed by atoms with van der Waals surface area (Å²) in [5.74, 6) is 3.62. The highest BCUT2D eigenvalue weighted by molar-refractivity contribution is 5.96. The van der Waals surface area contributed by atoms with Gasteiger partial charge in [0.15, 0.2) is 17.3 Å². The number of amides is 1. The number of fused-ring (bicyclic) bond motifs is 2. The second-order valence-corrected chi connectivity index (χ2v) is 10.7. The van der Waals surface area contributed by atoms with Crippen LogP contribution in [0, 0.1) is 11.8 Å². The zero-order valence-corrected chi connectivity index (χ0v) is 22.1. The number of carbonyl (C=O) groups is 2. The van der Waals surface area contributed by atoms with Gasteiger partial charge in [-0.1, -0.05) is 12.5 Å². The van der Waals surface area contributed by atoms with Gasteiger partial charge in [0.25, 0.3) is 0 Å². The predicted molar refractivity (Wildman–Crippen MR) is 143 cm³/mol. The fraction of sp³-hybridized carbons (Fsp3) is 0.533. The van der Waals surface area contributed by atoms with E-state index in [1.165, 1.54) is 6.42 Å². The van der Waals surface area contributed by atoms with Gasteiger partial charge in [0.2, 0.25) is 5.91 Å². The van der Waals surface area contributed by atoms with Crippen molar-refractivity contribution in [3.63, 3.8) is 0 Å². The molecular weight excluding hydrogens is 484 g/mol. The number of Topliss-reactive ketones (excluding diaryl/α,β-unsaturated/α-hetero) is 1. The van der Waals surface area contributed by atoms with Crippen LogP contribution in [0.25, 0.3) is 0 Å². The average Bonchev–Trinajstić information content (AvgIpc) is 3.56. The van der Waals surface area contributed by atoms with Gasteiger partial charge < -0.3 is 29.5 Å². The Kier molecular flexibility index (Phi) is 8.49. The molecule has 0 bridgehead atoms. The lowest BCUT2D eigenvalue weighted by atomic mass is 10.00. The Balaban J connectivity index is 1.11. The number of hydrogen-bond acceptors (Lipinski definition) is 7. The number of aliphatic hydroxyl groups is 1. The number of hydrogen-bond donors (Lipinski definition) is 2. The van der Waals surface area contributed by atoms with Crippen molar-refractivity contribution in [3.05, 3.63) is 53.6 Å². The molecule has 8 nitrogen and oxygen atoms in total. The van der Waals surface area contributed by atoms with E-state index in [0.29, 0.717) is 61.6 Å². The molecule has 2 fully saturated rings. The zero-order valence-electron chi connectivity index (χ0n) is 22.1. The third-order valence-electron chi connectivity index (χ3n) is 7.86. The highest BCUT2D eigenvalue weighted by atomic mass is 16.6. The molecule has 0 aromatic heterocycles. The molecule has 0 spiro atoms. The van der Waals surface area contributed by atoms with Gasteiger partial charge in [0, 0.05) is 38.0 Å². The number of carbonyl (C=O) groups excluding carboxylic acids is 2. The van der Waals surface area contributed by atoms with Gasteiger partial charge in [0.05, 0.1) is 13.2 Å². The molecule has 204 valence electrons. The number of ketones is 1. The van der Waals surface area contributed by atoms with Crippen LogP contribution < -0.4 is 19.5 Å². The number of rotatable bonds is 13. The summed E-state index contributed by atoms with van der Waals surface area (Å²) in [5, 5.41) is 14.4. The summed E-state index contributed by atoms with van der Waals surface area (Å²) in [4.78, 5) is 27.6. The first-order chi connectivity index (χ1) is 18.5. The highest BCUT2D eigenvalue weighted by Crippen LogP contribution is 2.45. The number of nitrogens with zero attached hydrogens (tertiary/aromatic N) is 1. The van der Waals surface area contributed by atoms with Gasteiger partial charge in [-0.25, -0.2) is 0 Å². The smallest absolute Gasteiger partial charge is 0.220 e. The van der Waals surface area contributed by atoms with Crippen molar-refractivity contribution in [3.8, 4) is 17.2 Å². The van der Waals surface area contributed by atoms with Crippen molar-refractivity contribution >= 4 is 11.7 Å². The van der Waals surface area contributed by atoms with E-state index < -0.39 is 12.1 Å². The first-order valence-corrected chi connectivity index (χ1v) is 13.8. The van der Waals surface area contributed by atoms with Gasteiger partial charge >= 0.3 is 0 Å². The van der Waals surface area contributed by atoms with Crippen molar-refractivity contribution in [1.29, 1.82) is 0 Å². The first-order valence-electron chi connectivity index (χ1n) is 13.8. The van der Waals surface area contributed by atoms with E-state index in [2.05, 4.69) is 10.2 Å². The van der Waals surface area contributed by atoms with E-state index in [1.807, 2.05) is 18.2 Å². The van der Waals surface area contributed by atoms with Crippen LogP contribution in [-0.4, -0.2) is 67.7 Å². The summed E-state index contributed by atoms with van der Waals surface area (Å²) in [6.45, 7) is 3.68. The van der Waals surface area contributed by atoms with E-state index >= 15 is 0 Å². The van der Waals surface area contributed by atoms with Crippen LogP contribution in [-0.2, 0) is 4.79 Å². The van der Waals surface area contributed by atoms with Crippen LogP contribution in [0.3, 0.4) is 0 Å². The Hall–Kier alpha value is -3.10. The average molecular weight is 523 g/mol. The minimum absolute atomic E-state index is 0.0718. The van der Waals surface area contributed by atoms with Gasteiger partial charge in [-0.15, -0.1) is 0 Å². The number of piperidine rings is 1. The SMILES string of the molecule is COc1ccc(C(=O)CCCCCC(=O)N[C@H](CN2CC3CC3C2)[C@@H](O)c2ccc3c(c2)OCCO3)cc1. The number of likely N-dealkylation sites (tertiary alicyclic amines) is 1. The molecule has 2 unspecified atom stereocenters. The largest absolute Gasteiger partial charge is 0.497 e. The fourth-order valence-corrected chi connectivity index (χ4v) is 5.57. The molecule has 38 heavy (non-hydrogen) atoms. The maximum atomic E-state index is 12.9. The number of benzene rings is 2. The van der Waals surface area contributed by atoms with Gasteiger partial charge in [-0.05, 0) is 73.1 Å². The summed E-state index contributed by atoms with van der Waals surface area (Å²) in [5.41, 5.74) is 1.39. The number of unbranched alkanes of at least 4 members (excludes halogenated alkanes) is 2. The van der Waals surface area contributed by atoms with Gasteiger partial charge in [-0.2, -0.15) is 0 Å². The Morgan fingerprint density at radius 1 is 1.00 bits per heavy atom. The Labute approximate surface area is 224 Å². The topological polar surface area (TPSA) is 97.3 Å². The van der Waals surface area contributed by atoms with Crippen LogP contribution in [0.2, 0.25) is 0 Å². The first kappa shape index (κ1) is 26.5. The summed E-state index contributed by atoms with van der Waals surface area (Å²) in [6.07, 6.45) is 3.50. The Morgan fingerprint density at radius 2 is 1.71 bits per heavy atom. The normalized spacial score (nSPS) is 21.3. The van der Waals surface area contributed by atoms with E-state index in [4.69, 9.17) is 14.2 Å². The minimum Gasteiger partial charge on any atom is -0.497 e. The van der Waals surface area contributed by atoms with E-state index in [-0.39, 0.29) is 11.7 Å². The molecule has 1 saturated heterocycles. The highest BCUT2D eigenvalue weighted by Gasteiger charge is 2.45. The molecule has 2 aromatic rings. The lowest BCUT2D eigenvalue weighted by molar-refractivity contribution is -0.123. The van der Waals surface area contributed by atoms with Crippen LogP contribution in [0.15, 0.2) is 42.5 Å². The fourth-order valence-electron chi connectivity index (χ4n) is 5.57. The second kappa shape index (κ2) is 12.2. The molecule has 1 aliphatic carbocycles. The molecule has 2 heterocycles. The summed E-state index contributed by atoms with van der Waals surface area (Å²) < 4.78 is 16.4. The number of aliphatic hydroxyl groups excluding tert-OH is 1. The molecule has 5 rings (SSSR count). The van der Waals surface area contributed by atoms with E-state index in [1.54, 1.807) is 31.4 Å². The van der Waals surface area contributed by atoms with Crippen molar-refractivity contribution in [2.24, 2.45) is 11.8 Å². The maximum absolute atomic E-state index is 12.9. The number of methoxy groups -OCH3 is 1. The molecule has 0 radical (unpaired) electrons. The zero-order chi connectivity index (χ0) is 26.5. The molecule has 1 saturated carbocycles. The predicted octanol–water partition coefficient (Wildman–Crippen LogP) is 3.77. The number of ether oxygens (including phenoxy) is 3.